The molecule has 0 saturated heterocycles. The molecule has 0 fully saturated rings. The normalized spacial score (nSPS) is 9.73. The van der Waals surface area contributed by atoms with Gasteiger partial charge in [0.1, 0.15) is 9.64 Å². The van der Waals surface area contributed by atoms with Crippen molar-refractivity contribution in [2.24, 2.45) is 0 Å². The average Bonchev–Trinajstić information content (AvgIpc) is 2.31. The van der Waals surface area contributed by atoms with Crippen LogP contribution in [0.1, 0.15) is 0 Å². The zero-order valence-electron chi connectivity index (χ0n) is 5.47. The Morgan fingerprint density at radius 2 is 2.36 bits per heavy atom. The van der Waals surface area contributed by atoms with Gasteiger partial charge in [-0.15, -0.1) is 0 Å². The van der Waals surface area contributed by atoms with Crippen molar-refractivity contribution < 1.29 is 0 Å². The molecule has 0 aliphatic heterocycles. The molecule has 0 N–H and O–H groups in total. The van der Waals surface area contributed by atoms with E-state index in [0.29, 0.717) is 11.7 Å². The van der Waals surface area contributed by atoms with Crippen molar-refractivity contribution in [3.8, 4) is 0 Å². The monoisotopic (exact) mass is 210 g/mol. The van der Waals surface area contributed by atoms with Crippen LogP contribution in [0.4, 0.5) is 0 Å². The van der Waals surface area contributed by atoms with E-state index >= 15 is 0 Å². The highest BCUT2D eigenvalue weighted by Gasteiger charge is 1.95. The second kappa shape index (κ2) is 4.00. The van der Waals surface area contributed by atoms with E-state index in [0.717, 1.165) is 0 Å². The van der Waals surface area contributed by atoms with E-state index in [-0.39, 0.29) is 4.49 Å². The average molecular weight is 211 g/mol. The fourth-order valence-corrected chi connectivity index (χ4v) is 0.913. The van der Waals surface area contributed by atoms with E-state index in [9.17, 15) is 0 Å². The lowest BCUT2D eigenvalue weighted by Crippen LogP contribution is -1.96. The first kappa shape index (κ1) is 8.91. The molecule has 1 aromatic rings. The van der Waals surface area contributed by atoms with Crippen LogP contribution in [0, 0.1) is 0 Å². The Labute approximate surface area is 79.4 Å². The molecule has 0 bridgehead atoms. The lowest BCUT2D eigenvalue weighted by atomic mass is 10.6. The minimum Gasteiger partial charge on any atom is -0.250 e. The largest absolute Gasteiger partial charge is 0.250 e. The van der Waals surface area contributed by atoms with Gasteiger partial charge in [-0.3, -0.25) is 4.68 Å². The van der Waals surface area contributed by atoms with E-state index in [1.54, 1.807) is 23.0 Å². The molecule has 0 unspecified atom stereocenters. The maximum Gasteiger partial charge on any atom is 0.127 e. The van der Waals surface area contributed by atoms with Crippen molar-refractivity contribution >= 4 is 34.8 Å². The Hall–Kier alpha value is -0.180. The van der Waals surface area contributed by atoms with E-state index < -0.39 is 0 Å². The van der Waals surface area contributed by atoms with Crippen LogP contribution in [-0.4, -0.2) is 9.78 Å². The van der Waals surface area contributed by atoms with Gasteiger partial charge < -0.3 is 0 Å². The van der Waals surface area contributed by atoms with Gasteiger partial charge in [-0.2, -0.15) is 5.10 Å². The molecular formula is C6H5Cl3N2. The maximum atomic E-state index is 5.71. The van der Waals surface area contributed by atoms with Crippen LogP contribution in [0.15, 0.2) is 22.8 Å². The van der Waals surface area contributed by atoms with Crippen molar-refractivity contribution in [3.63, 3.8) is 0 Å². The van der Waals surface area contributed by atoms with Crippen molar-refractivity contribution in [1.82, 2.24) is 9.78 Å². The Bertz CT molecular complexity index is 263. The van der Waals surface area contributed by atoms with Gasteiger partial charge in [0.2, 0.25) is 0 Å². The SMILES string of the molecule is ClC(Cl)=CCn1nccc1Cl. The van der Waals surface area contributed by atoms with Gasteiger partial charge in [-0.1, -0.05) is 34.8 Å². The molecule has 1 rings (SSSR count). The molecule has 0 aromatic carbocycles. The topological polar surface area (TPSA) is 17.8 Å². The van der Waals surface area contributed by atoms with Gasteiger partial charge in [-0.05, 0) is 12.1 Å². The molecule has 0 aliphatic carbocycles. The fraction of sp³-hybridized carbons (Fsp3) is 0.167. The van der Waals surface area contributed by atoms with E-state index in [4.69, 9.17) is 34.8 Å². The first-order valence-corrected chi connectivity index (χ1v) is 4.02. The molecule has 0 aliphatic rings. The maximum absolute atomic E-state index is 5.71. The van der Waals surface area contributed by atoms with Crippen LogP contribution < -0.4 is 0 Å². The number of nitrogens with zero attached hydrogens (tertiary/aromatic N) is 2. The van der Waals surface area contributed by atoms with Gasteiger partial charge in [0.25, 0.3) is 0 Å². The smallest absolute Gasteiger partial charge is 0.127 e. The Kier molecular flexibility index (Phi) is 3.24. The minimum absolute atomic E-state index is 0.219. The molecule has 0 radical (unpaired) electrons. The highest BCUT2D eigenvalue weighted by atomic mass is 35.5. The Morgan fingerprint density at radius 1 is 1.64 bits per heavy atom. The molecule has 11 heavy (non-hydrogen) atoms. The minimum atomic E-state index is 0.219. The number of rotatable bonds is 2. The van der Waals surface area contributed by atoms with Gasteiger partial charge in [-0.25, -0.2) is 0 Å². The van der Waals surface area contributed by atoms with Crippen LogP contribution in [0.3, 0.4) is 0 Å². The van der Waals surface area contributed by atoms with Gasteiger partial charge in [0, 0.05) is 0 Å². The van der Waals surface area contributed by atoms with Gasteiger partial charge >= 0.3 is 0 Å². The van der Waals surface area contributed by atoms with Crippen LogP contribution >= 0.6 is 34.8 Å². The standard InChI is InChI=1S/C6H5Cl3N2/c7-5(8)2-4-11-6(9)1-3-10-11/h1-3H,4H2. The van der Waals surface area contributed by atoms with Crippen LogP contribution in [0.5, 0.6) is 0 Å². The van der Waals surface area contributed by atoms with Gasteiger partial charge in [0.15, 0.2) is 0 Å². The predicted molar refractivity (Wildman–Crippen MR) is 47.0 cm³/mol. The summed E-state index contributed by atoms with van der Waals surface area (Å²) in [5.74, 6) is 0. The van der Waals surface area contributed by atoms with Crippen molar-refractivity contribution in [2.75, 3.05) is 0 Å². The van der Waals surface area contributed by atoms with E-state index in [1.807, 2.05) is 0 Å². The third kappa shape index (κ3) is 2.73. The zero-order chi connectivity index (χ0) is 8.27. The van der Waals surface area contributed by atoms with Gasteiger partial charge in [0.05, 0.1) is 12.7 Å². The number of hydrogen-bond acceptors (Lipinski definition) is 1. The quantitative estimate of drug-likeness (QED) is 0.735. The predicted octanol–water partition coefficient (Wildman–Crippen LogP) is 2.86. The fourth-order valence-electron chi connectivity index (χ4n) is 0.606. The molecule has 5 heteroatoms. The van der Waals surface area contributed by atoms with Crippen molar-refractivity contribution in [1.29, 1.82) is 0 Å². The summed E-state index contributed by atoms with van der Waals surface area (Å²) in [5, 5.41) is 4.48. The zero-order valence-corrected chi connectivity index (χ0v) is 7.74. The number of allylic oxidation sites excluding steroid dienone is 1. The molecule has 0 amide bonds. The first-order chi connectivity index (χ1) is 5.20. The Morgan fingerprint density at radius 3 is 2.82 bits per heavy atom. The molecule has 1 heterocycles. The highest BCUT2D eigenvalue weighted by molar-refractivity contribution is 6.55. The summed E-state index contributed by atoms with van der Waals surface area (Å²) < 4.78 is 1.79. The van der Waals surface area contributed by atoms with Crippen LogP contribution in [0.2, 0.25) is 5.15 Å². The third-order valence-corrected chi connectivity index (χ3v) is 1.71. The number of halogens is 3. The molecule has 0 atom stereocenters. The van der Waals surface area contributed by atoms with E-state index in [2.05, 4.69) is 5.10 Å². The number of hydrogen-bond donors (Lipinski definition) is 0. The van der Waals surface area contributed by atoms with Crippen LogP contribution in [-0.2, 0) is 6.54 Å². The molecule has 2 nitrogen and oxygen atoms in total. The third-order valence-electron chi connectivity index (χ3n) is 1.08. The summed E-state index contributed by atoms with van der Waals surface area (Å²) in [5.41, 5.74) is 0. The summed E-state index contributed by atoms with van der Waals surface area (Å²) in [6, 6.07) is 1.69. The van der Waals surface area contributed by atoms with Crippen molar-refractivity contribution in [3.05, 3.63) is 28.0 Å². The molecule has 0 spiro atoms. The lowest BCUT2D eigenvalue weighted by Gasteiger charge is -1.95. The second-order valence-electron chi connectivity index (χ2n) is 1.83. The van der Waals surface area contributed by atoms with E-state index in [1.165, 1.54) is 0 Å². The summed E-state index contributed by atoms with van der Waals surface area (Å²) in [6.07, 6.45) is 3.22. The second-order valence-corrected chi connectivity index (χ2v) is 3.22. The summed E-state index contributed by atoms with van der Waals surface area (Å²) in [6.45, 7) is 0.494. The molecule has 60 valence electrons. The first-order valence-electron chi connectivity index (χ1n) is 2.88. The number of aromatic nitrogens is 2. The molecule has 0 saturated carbocycles. The summed E-state index contributed by atoms with van der Waals surface area (Å²) in [7, 11) is 0. The molecular weight excluding hydrogens is 206 g/mol. The van der Waals surface area contributed by atoms with Crippen LogP contribution in [0.25, 0.3) is 0 Å². The molecule has 1 aromatic heterocycles. The van der Waals surface area contributed by atoms with Crippen molar-refractivity contribution in [2.45, 2.75) is 6.54 Å². The summed E-state index contributed by atoms with van der Waals surface area (Å²) >= 11 is 16.5. The lowest BCUT2D eigenvalue weighted by molar-refractivity contribution is 0.703. The Balaban J connectivity index is 2.65. The summed E-state index contributed by atoms with van der Waals surface area (Å²) in [4.78, 5) is 0. The highest BCUT2D eigenvalue weighted by Crippen LogP contribution is 2.10.